The molecule has 0 saturated heterocycles. The highest BCUT2D eigenvalue weighted by Crippen LogP contribution is 2.28. The number of fused-ring (bicyclic) bond motifs is 1. The van der Waals surface area contributed by atoms with Crippen LogP contribution in [0.1, 0.15) is 41.9 Å². The second kappa shape index (κ2) is 9.88. The summed E-state index contributed by atoms with van der Waals surface area (Å²) in [6.07, 6.45) is -1.26. The van der Waals surface area contributed by atoms with Gasteiger partial charge in [0.25, 0.3) is 0 Å². The predicted molar refractivity (Wildman–Crippen MR) is 127 cm³/mol. The molecule has 4 aromatic carbocycles. The smallest absolute Gasteiger partial charge is 0.0917 e. The summed E-state index contributed by atoms with van der Waals surface area (Å²) in [5.41, 5.74) is 2.93. The van der Waals surface area contributed by atoms with E-state index in [1.807, 2.05) is 72.8 Å². The van der Waals surface area contributed by atoms with Crippen molar-refractivity contribution in [3.63, 3.8) is 0 Å². The predicted octanol–water partition coefficient (Wildman–Crippen LogP) is 5.67. The molecular formula is C28H29NO2. The molecule has 0 amide bonds. The fourth-order valence-electron chi connectivity index (χ4n) is 4.07. The van der Waals surface area contributed by atoms with Gasteiger partial charge in [-0.05, 0) is 40.5 Å². The minimum atomic E-state index is -0.632. The average molecular weight is 412 g/mol. The summed E-state index contributed by atoms with van der Waals surface area (Å²) in [5, 5.41) is 24.2. The molecule has 0 spiro atoms. The van der Waals surface area contributed by atoms with E-state index in [1.165, 1.54) is 16.3 Å². The number of benzene rings is 4. The van der Waals surface area contributed by atoms with Crippen LogP contribution in [0.25, 0.3) is 10.8 Å². The molecular weight excluding hydrogens is 382 g/mol. The molecule has 0 aliphatic heterocycles. The normalized spacial score (nSPS) is 14.5. The lowest BCUT2D eigenvalue weighted by Crippen LogP contribution is -2.35. The zero-order chi connectivity index (χ0) is 21.6. The standard InChI is InChI=1S/C28H29NO2/c1-21(25-17-16-22-10-8-9-15-26(22)18-25)29(19-27(30)23-11-4-2-5-12-23)20-28(31)24-13-6-3-7-14-24/h2-18,21,27-28,30-31H,19-20H2,1H3/t21-,27-,28-/m0/s1. The van der Waals surface area contributed by atoms with Crippen LogP contribution in [0, 0.1) is 0 Å². The van der Waals surface area contributed by atoms with Crippen molar-refractivity contribution >= 4 is 10.8 Å². The van der Waals surface area contributed by atoms with Crippen molar-refractivity contribution < 1.29 is 10.2 Å². The van der Waals surface area contributed by atoms with E-state index >= 15 is 0 Å². The lowest BCUT2D eigenvalue weighted by molar-refractivity contribution is 0.0478. The summed E-state index contributed by atoms with van der Waals surface area (Å²) in [4.78, 5) is 2.17. The fourth-order valence-corrected chi connectivity index (χ4v) is 4.07. The molecule has 0 fully saturated rings. The monoisotopic (exact) mass is 411 g/mol. The van der Waals surface area contributed by atoms with Crippen LogP contribution in [0.15, 0.2) is 103 Å². The lowest BCUT2D eigenvalue weighted by atomic mass is 9.99. The molecule has 0 saturated carbocycles. The third kappa shape index (κ3) is 5.20. The molecule has 0 bridgehead atoms. The van der Waals surface area contributed by atoms with E-state index in [-0.39, 0.29) is 6.04 Å². The fraction of sp³-hybridized carbons (Fsp3) is 0.214. The van der Waals surface area contributed by atoms with Gasteiger partial charge in [0.15, 0.2) is 0 Å². The van der Waals surface area contributed by atoms with Crippen LogP contribution in [-0.2, 0) is 0 Å². The van der Waals surface area contributed by atoms with Crippen molar-refractivity contribution in [2.75, 3.05) is 13.1 Å². The van der Waals surface area contributed by atoms with Crippen LogP contribution in [0.5, 0.6) is 0 Å². The molecule has 4 aromatic rings. The van der Waals surface area contributed by atoms with Gasteiger partial charge in [-0.25, -0.2) is 0 Å². The Morgan fingerprint density at radius 2 is 1.06 bits per heavy atom. The van der Waals surface area contributed by atoms with Crippen LogP contribution < -0.4 is 0 Å². The van der Waals surface area contributed by atoms with Gasteiger partial charge in [-0.2, -0.15) is 0 Å². The highest BCUT2D eigenvalue weighted by atomic mass is 16.3. The molecule has 31 heavy (non-hydrogen) atoms. The molecule has 4 rings (SSSR count). The van der Waals surface area contributed by atoms with E-state index < -0.39 is 12.2 Å². The van der Waals surface area contributed by atoms with Crippen LogP contribution in [0.4, 0.5) is 0 Å². The Hall–Kier alpha value is -2.98. The van der Waals surface area contributed by atoms with Crippen molar-refractivity contribution in [1.82, 2.24) is 4.90 Å². The maximum Gasteiger partial charge on any atom is 0.0917 e. The maximum absolute atomic E-state index is 10.9. The number of rotatable bonds is 8. The van der Waals surface area contributed by atoms with Gasteiger partial charge in [0.05, 0.1) is 12.2 Å². The van der Waals surface area contributed by atoms with Crippen molar-refractivity contribution in [2.45, 2.75) is 25.2 Å². The molecule has 0 radical (unpaired) electrons. The Labute approximate surface area is 184 Å². The van der Waals surface area contributed by atoms with Gasteiger partial charge >= 0.3 is 0 Å². The Kier molecular flexibility index (Phi) is 6.78. The molecule has 0 aliphatic rings. The number of aliphatic hydroxyl groups excluding tert-OH is 2. The lowest BCUT2D eigenvalue weighted by Gasteiger charge is -2.33. The van der Waals surface area contributed by atoms with Gasteiger partial charge in [-0.15, -0.1) is 0 Å². The first kappa shape index (κ1) is 21.3. The van der Waals surface area contributed by atoms with Crippen LogP contribution in [0.3, 0.4) is 0 Å². The Morgan fingerprint density at radius 1 is 0.581 bits per heavy atom. The van der Waals surface area contributed by atoms with Gasteiger partial charge < -0.3 is 10.2 Å². The minimum Gasteiger partial charge on any atom is -0.387 e. The van der Waals surface area contributed by atoms with Crippen LogP contribution in [-0.4, -0.2) is 28.2 Å². The van der Waals surface area contributed by atoms with Crippen LogP contribution >= 0.6 is 0 Å². The topological polar surface area (TPSA) is 43.7 Å². The first-order chi connectivity index (χ1) is 15.1. The summed E-state index contributed by atoms with van der Waals surface area (Å²) in [5.74, 6) is 0. The minimum absolute atomic E-state index is 0.0290. The van der Waals surface area contributed by atoms with Gasteiger partial charge in [0.2, 0.25) is 0 Å². The molecule has 2 N–H and O–H groups in total. The molecule has 0 aromatic heterocycles. The van der Waals surface area contributed by atoms with E-state index in [4.69, 9.17) is 0 Å². The number of nitrogens with zero attached hydrogens (tertiary/aromatic N) is 1. The van der Waals surface area contributed by atoms with Gasteiger partial charge in [-0.3, -0.25) is 4.90 Å². The first-order valence-electron chi connectivity index (χ1n) is 10.8. The molecule has 158 valence electrons. The first-order valence-corrected chi connectivity index (χ1v) is 10.8. The number of hydrogen-bond acceptors (Lipinski definition) is 3. The van der Waals surface area contributed by atoms with Gasteiger partial charge in [-0.1, -0.05) is 97.1 Å². The molecule has 0 unspecified atom stereocenters. The SMILES string of the molecule is C[C@@H](c1ccc2ccccc2c1)N(C[C@H](O)c1ccccc1)C[C@H](O)c1ccccc1. The van der Waals surface area contributed by atoms with Crippen molar-refractivity contribution in [2.24, 2.45) is 0 Å². The Morgan fingerprint density at radius 3 is 1.61 bits per heavy atom. The molecule has 3 heteroatoms. The highest BCUT2D eigenvalue weighted by molar-refractivity contribution is 5.83. The number of hydrogen-bond donors (Lipinski definition) is 2. The second-order valence-corrected chi connectivity index (χ2v) is 8.09. The van der Waals surface area contributed by atoms with Gasteiger partial charge in [0, 0.05) is 19.1 Å². The summed E-state index contributed by atoms with van der Waals surface area (Å²) in [6, 6.07) is 34.3. The van der Waals surface area contributed by atoms with E-state index in [9.17, 15) is 10.2 Å². The Balaban J connectivity index is 1.61. The summed E-state index contributed by atoms with van der Waals surface area (Å²) in [6.45, 7) is 3.00. The van der Waals surface area contributed by atoms with Gasteiger partial charge in [0.1, 0.15) is 0 Å². The van der Waals surface area contributed by atoms with E-state index in [1.54, 1.807) is 0 Å². The van der Waals surface area contributed by atoms with Crippen molar-refractivity contribution in [3.05, 3.63) is 120 Å². The molecule has 3 atom stereocenters. The third-order valence-electron chi connectivity index (χ3n) is 5.99. The van der Waals surface area contributed by atoms with Crippen LogP contribution in [0.2, 0.25) is 0 Å². The Bertz CT molecular complexity index is 1050. The zero-order valence-electron chi connectivity index (χ0n) is 17.8. The van der Waals surface area contributed by atoms with Crippen molar-refractivity contribution in [3.8, 4) is 0 Å². The summed E-state index contributed by atoms with van der Waals surface area (Å²) >= 11 is 0. The summed E-state index contributed by atoms with van der Waals surface area (Å²) in [7, 11) is 0. The largest absolute Gasteiger partial charge is 0.387 e. The van der Waals surface area contributed by atoms with E-state index in [2.05, 4.69) is 42.2 Å². The zero-order valence-corrected chi connectivity index (χ0v) is 17.8. The van der Waals surface area contributed by atoms with E-state index in [0.29, 0.717) is 13.1 Å². The highest BCUT2D eigenvalue weighted by Gasteiger charge is 2.23. The van der Waals surface area contributed by atoms with Crippen molar-refractivity contribution in [1.29, 1.82) is 0 Å². The molecule has 0 heterocycles. The maximum atomic E-state index is 10.9. The third-order valence-corrected chi connectivity index (χ3v) is 5.99. The van der Waals surface area contributed by atoms with E-state index in [0.717, 1.165) is 11.1 Å². The molecule has 3 nitrogen and oxygen atoms in total. The average Bonchev–Trinajstić information content (AvgIpc) is 2.83. The second-order valence-electron chi connectivity index (χ2n) is 8.09. The number of aliphatic hydroxyl groups is 2. The summed E-state index contributed by atoms with van der Waals surface area (Å²) < 4.78 is 0. The molecule has 0 aliphatic carbocycles. The quantitative estimate of drug-likeness (QED) is 0.393.